The molecule has 72 valence electrons. The number of hydrogen-bond donors (Lipinski definition) is 0. The Morgan fingerprint density at radius 2 is 2.21 bits per heavy atom. The van der Waals surface area contributed by atoms with E-state index in [0.29, 0.717) is 11.4 Å². The summed E-state index contributed by atoms with van der Waals surface area (Å²) in [6.45, 7) is 0. The monoisotopic (exact) mass is 208 g/mol. The summed E-state index contributed by atoms with van der Waals surface area (Å²) in [7, 11) is 1.30. The van der Waals surface area contributed by atoms with E-state index in [-0.39, 0.29) is 0 Å². The molecule has 0 saturated heterocycles. The minimum Gasteiger partial charge on any atom is -0.459 e. The van der Waals surface area contributed by atoms with Crippen LogP contribution in [0.1, 0.15) is 5.56 Å². The fraction of sp³-hybridized carbons (Fsp3) is 0.182. The number of hydrogen-bond acceptors (Lipinski definition) is 2. The van der Waals surface area contributed by atoms with Gasteiger partial charge in [-0.2, -0.15) is 0 Å². The van der Waals surface area contributed by atoms with Crippen molar-refractivity contribution < 1.29 is 9.53 Å². The van der Waals surface area contributed by atoms with Crippen molar-refractivity contribution in [3.05, 3.63) is 34.9 Å². The molecule has 0 fully saturated rings. The summed E-state index contributed by atoms with van der Waals surface area (Å²) in [4.78, 5) is 10.7. The molecule has 2 nitrogen and oxygen atoms in total. The molecule has 1 aromatic carbocycles. The zero-order valence-corrected chi connectivity index (χ0v) is 8.47. The molecule has 0 aromatic heterocycles. The molecule has 0 bridgehead atoms. The smallest absolute Gasteiger partial charge is 0.384 e. The van der Waals surface area contributed by atoms with Crippen molar-refractivity contribution in [2.75, 3.05) is 7.11 Å². The fourth-order valence-corrected chi connectivity index (χ4v) is 1.11. The van der Waals surface area contributed by atoms with Crippen LogP contribution < -0.4 is 0 Å². The van der Waals surface area contributed by atoms with E-state index in [4.69, 9.17) is 11.6 Å². The molecular formula is C11H9ClO2. The topological polar surface area (TPSA) is 26.3 Å². The van der Waals surface area contributed by atoms with Gasteiger partial charge in [0.05, 0.1) is 7.11 Å². The Morgan fingerprint density at radius 3 is 2.86 bits per heavy atom. The molecule has 0 aliphatic heterocycles. The standard InChI is InChI=1S/C11H9ClO2/c1-14-11(13)8-4-6-9-5-2-3-7-10(9)12/h2-3,5,7H,6H2,1H3. The second-order valence-corrected chi connectivity index (χ2v) is 2.97. The van der Waals surface area contributed by atoms with Crippen molar-refractivity contribution in [3.8, 4) is 11.8 Å². The summed E-state index contributed by atoms with van der Waals surface area (Å²) in [5.41, 5.74) is 0.908. The van der Waals surface area contributed by atoms with Gasteiger partial charge in [-0.25, -0.2) is 4.79 Å². The lowest BCUT2D eigenvalue weighted by atomic mass is 10.1. The zero-order chi connectivity index (χ0) is 10.4. The van der Waals surface area contributed by atoms with E-state index in [1.54, 1.807) is 6.07 Å². The van der Waals surface area contributed by atoms with Crippen molar-refractivity contribution in [1.82, 2.24) is 0 Å². The van der Waals surface area contributed by atoms with Gasteiger partial charge in [0.15, 0.2) is 0 Å². The Hall–Kier alpha value is -1.46. The third kappa shape index (κ3) is 3.12. The van der Waals surface area contributed by atoms with Gasteiger partial charge in [-0.3, -0.25) is 0 Å². The molecule has 0 heterocycles. The van der Waals surface area contributed by atoms with Crippen LogP contribution in [0.25, 0.3) is 0 Å². The summed E-state index contributed by atoms with van der Waals surface area (Å²) < 4.78 is 4.37. The molecule has 0 radical (unpaired) electrons. The molecular weight excluding hydrogens is 200 g/mol. The molecule has 0 saturated carbocycles. The van der Waals surface area contributed by atoms with Crippen molar-refractivity contribution in [2.24, 2.45) is 0 Å². The van der Waals surface area contributed by atoms with Crippen molar-refractivity contribution in [2.45, 2.75) is 6.42 Å². The van der Waals surface area contributed by atoms with Gasteiger partial charge in [-0.15, -0.1) is 0 Å². The Bertz CT molecular complexity index is 388. The van der Waals surface area contributed by atoms with Gasteiger partial charge < -0.3 is 4.74 Å². The highest BCUT2D eigenvalue weighted by Crippen LogP contribution is 2.14. The second kappa shape index (κ2) is 5.31. The van der Waals surface area contributed by atoms with Gasteiger partial charge in [-0.05, 0) is 11.6 Å². The van der Waals surface area contributed by atoms with E-state index in [1.165, 1.54) is 7.11 Å². The number of esters is 1. The lowest BCUT2D eigenvalue weighted by Gasteiger charge is -1.96. The minimum atomic E-state index is -0.531. The Labute approximate surface area is 87.8 Å². The number of halogens is 1. The maximum Gasteiger partial charge on any atom is 0.384 e. The van der Waals surface area contributed by atoms with Gasteiger partial charge >= 0.3 is 5.97 Å². The van der Waals surface area contributed by atoms with Crippen LogP contribution in [0.5, 0.6) is 0 Å². The number of ether oxygens (including phenoxy) is 1. The van der Waals surface area contributed by atoms with Crippen LogP contribution in [0.2, 0.25) is 5.02 Å². The molecule has 0 aliphatic rings. The summed E-state index contributed by atoms with van der Waals surface area (Å²) in [5, 5.41) is 0.659. The molecule has 0 N–H and O–H groups in total. The lowest BCUT2D eigenvalue weighted by molar-refractivity contribution is -0.133. The van der Waals surface area contributed by atoms with E-state index in [2.05, 4.69) is 16.6 Å². The first-order valence-electron chi connectivity index (χ1n) is 4.04. The molecule has 0 aliphatic carbocycles. The fourth-order valence-electron chi connectivity index (χ4n) is 0.904. The second-order valence-electron chi connectivity index (χ2n) is 2.56. The maximum atomic E-state index is 10.7. The number of methoxy groups -OCH3 is 1. The number of carbonyl (C=O) groups is 1. The van der Waals surface area contributed by atoms with Crippen LogP contribution in [0.4, 0.5) is 0 Å². The highest BCUT2D eigenvalue weighted by Gasteiger charge is 1.95. The summed E-state index contributed by atoms with van der Waals surface area (Å²) in [5.74, 6) is 4.49. The average molecular weight is 209 g/mol. The Morgan fingerprint density at radius 1 is 1.50 bits per heavy atom. The first-order chi connectivity index (χ1) is 6.74. The van der Waals surface area contributed by atoms with E-state index < -0.39 is 5.97 Å². The minimum absolute atomic E-state index is 0.453. The van der Waals surface area contributed by atoms with Crippen LogP contribution in [0, 0.1) is 11.8 Å². The number of rotatable bonds is 1. The molecule has 1 rings (SSSR count). The summed E-state index contributed by atoms with van der Waals surface area (Å²) >= 11 is 5.89. The van der Waals surface area contributed by atoms with Crippen LogP contribution in [0.15, 0.2) is 24.3 Å². The first-order valence-corrected chi connectivity index (χ1v) is 4.42. The first kappa shape index (κ1) is 10.6. The number of benzene rings is 1. The molecule has 3 heteroatoms. The van der Waals surface area contributed by atoms with E-state index in [0.717, 1.165) is 5.56 Å². The largest absolute Gasteiger partial charge is 0.459 e. The number of carbonyl (C=O) groups excluding carboxylic acids is 1. The predicted molar refractivity (Wildman–Crippen MR) is 54.9 cm³/mol. The van der Waals surface area contributed by atoms with E-state index in [9.17, 15) is 4.79 Å². The molecule has 0 spiro atoms. The van der Waals surface area contributed by atoms with Crippen LogP contribution in [-0.4, -0.2) is 13.1 Å². The predicted octanol–water partition coefficient (Wildman–Crippen LogP) is 2.06. The normalized spacial score (nSPS) is 8.71. The average Bonchev–Trinajstić information content (AvgIpc) is 2.20. The molecule has 0 atom stereocenters. The van der Waals surface area contributed by atoms with Gasteiger partial charge in [-0.1, -0.05) is 35.7 Å². The van der Waals surface area contributed by atoms with Gasteiger partial charge in [0.1, 0.15) is 0 Å². The Kier molecular flexibility index (Phi) is 4.03. The van der Waals surface area contributed by atoms with Crippen molar-refractivity contribution in [3.63, 3.8) is 0 Å². The maximum absolute atomic E-state index is 10.7. The van der Waals surface area contributed by atoms with E-state index in [1.807, 2.05) is 18.2 Å². The third-order valence-electron chi connectivity index (χ3n) is 1.61. The van der Waals surface area contributed by atoms with Gasteiger partial charge in [0.2, 0.25) is 0 Å². The SMILES string of the molecule is COC(=O)C#CCc1ccccc1Cl. The highest BCUT2D eigenvalue weighted by atomic mass is 35.5. The quantitative estimate of drug-likeness (QED) is 0.401. The lowest BCUT2D eigenvalue weighted by Crippen LogP contribution is -1.94. The van der Waals surface area contributed by atoms with Crippen molar-refractivity contribution >= 4 is 17.6 Å². The molecule has 0 unspecified atom stereocenters. The third-order valence-corrected chi connectivity index (χ3v) is 1.98. The molecule has 14 heavy (non-hydrogen) atoms. The van der Waals surface area contributed by atoms with Crippen molar-refractivity contribution in [1.29, 1.82) is 0 Å². The van der Waals surface area contributed by atoms with Gasteiger partial charge in [0, 0.05) is 17.4 Å². The van der Waals surface area contributed by atoms with E-state index >= 15 is 0 Å². The summed E-state index contributed by atoms with van der Waals surface area (Å²) in [6, 6.07) is 7.38. The van der Waals surface area contributed by atoms with Crippen LogP contribution >= 0.6 is 11.6 Å². The van der Waals surface area contributed by atoms with Crippen LogP contribution in [0.3, 0.4) is 0 Å². The van der Waals surface area contributed by atoms with Gasteiger partial charge in [0.25, 0.3) is 0 Å². The molecule has 1 aromatic rings. The summed E-state index contributed by atoms with van der Waals surface area (Å²) in [6.07, 6.45) is 0.453. The van der Waals surface area contributed by atoms with Crippen LogP contribution in [-0.2, 0) is 16.0 Å². The molecule has 0 amide bonds. The Balaban J connectivity index is 2.65. The highest BCUT2D eigenvalue weighted by molar-refractivity contribution is 6.31. The zero-order valence-electron chi connectivity index (χ0n) is 7.71.